The van der Waals surface area contributed by atoms with Crippen molar-refractivity contribution in [3.05, 3.63) is 72.7 Å². The van der Waals surface area contributed by atoms with Crippen molar-refractivity contribution in [1.82, 2.24) is 4.98 Å². The third-order valence-electron chi connectivity index (χ3n) is 3.37. The summed E-state index contributed by atoms with van der Waals surface area (Å²) in [7, 11) is -3.72. The van der Waals surface area contributed by atoms with Crippen LogP contribution in [0.3, 0.4) is 0 Å². The second-order valence-corrected chi connectivity index (χ2v) is 6.70. The highest BCUT2D eigenvalue weighted by Crippen LogP contribution is 2.25. The first-order chi connectivity index (χ1) is 10.5. The van der Waals surface area contributed by atoms with Crippen LogP contribution in [0.25, 0.3) is 17.0 Å². The van der Waals surface area contributed by atoms with Crippen LogP contribution in [0.4, 0.5) is 4.39 Å². The number of pyridine rings is 1. The van der Waals surface area contributed by atoms with Gasteiger partial charge in [0.05, 0.1) is 15.3 Å². The van der Waals surface area contributed by atoms with E-state index < -0.39 is 15.7 Å². The van der Waals surface area contributed by atoms with Gasteiger partial charge in [-0.3, -0.25) is 4.98 Å². The maximum absolute atomic E-state index is 13.0. The fourth-order valence-corrected chi connectivity index (χ4v) is 3.47. The molecule has 0 atom stereocenters. The van der Waals surface area contributed by atoms with Gasteiger partial charge < -0.3 is 0 Å². The average molecular weight is 313 g/mol. The maximum Gasteiger partial charge on any atom is 0.208 e. The zero-order valence-electron chi connectivity index (χ0n) is 11.5. The molecule has 0 unspecified atom stereocenters. The molecule has 0 spiro atoms. The summed E-state index contributed by atoms with van der Waals surface area (Å²) in [6.07, 6.45) is 2.98. The fourth-order valence-electron chi connectivity index (χ4n) is 2.23. The Morgan fingerprint density at radius 2 is 1.77 bits per heavy atom. The van der Waals surface area contributed by atoms with E-state index in [4.69, 9.17) is 0 Å². The van der Waals surface area contributed by atoms with E-state index in [0.29, 0.717) is 10.9 Å². The highest BCUT2D eigenvalue weighted by Gasteiger charge is 2.18. The Kier molecular flexibility index (Phi) is 3.50. The number of fused-ring (bicyclic) bond motifs is 1. The van der Waals surface area contributed by atoms with E-state index in [-0.39, 0.29) is 9.79 Å². The third kappa shape index (κ3) is 2.40. The molecule has 0 radical (unpaired) electrons. The molecule has 3 rings (SSSR count). The van der Waals surface area contributed by atoms with E-state index in [1.54, 1.807) is 18.2 Å². The second kappa shape index (κ2) is 5.35. The second-order valence-electron chi connectivity index (χ2n) is 4.75. The van der Waals surface area contributed by atoms with Crippen LogP contribution in [0, 0.1) is 5.82 Å². The smallest absolute Gasteiger partial charge is 0.208 e. The summed E-state index contributed by atoms with van der Waals surface area (Å²) in [6, 6.07) is 11.8. The Morgan fingerprint density at radius 3 is 2.45 bits per heavy atom. The van der Waals surface area contributed by atoms with Gasteiger partial charge in [0.1, 0.15) is 5.82 Å². The lowest BCUT2D eigenvalue weighted by molar-refractivity contribution is 0.594. The average Bonchev–Trinajstić information content (AvgIpc) is 2.54. The molecule has 0 aliphatic carbocycles. The summed E-state index contributed by atoms with van der Waals surface area (Å²) in [5.41, 5.74) is 1.53. The van der Waals surface area contributed by atoms with Crippen LogP contribution in [0.2, 0.25) is 0 Å². The van der Waals surface area contributed by atoms with Gasteiger partial charge in [-0.25, -0.2) is 12.8 Å². The molecule has 3 aromatic rings. The Labute approximate surface area is 127 Å². The van der Waals surface area contributed by atoms with E-state index in [1.165, 1.54) is 18.3 Å². The van der Waals surface area contributed by atoms with Crippen molar-refractivity contribution in [1.29, 1.82) is 0 Å². The van der Waals surface area contributed by atoms with Crippen molar-refractivity contribution in [2.24, 2.45) is 0 Å². The summed E-state index contributed by atoms with van der Waals surface area (Å²) in [6.45, 7) is 3.71. The van der Waals surface area contributed by atoms with Crippen molar-refractivity contribution in [2.75, 3.05) is 0 Å². The normalized spacial score (nSPS) is 11.5. The molecule has 1 heterocycles. The van der Waals surface area contributed by atoms with Gasteiger partial charge in [0.2, 0.25) is 9.84 Å². The molecule has 0 saturated heterocycles. The number of rotatable bonds is 3. The maximum atomic E-state index is 13.0. The summed E-state index contributed by atoms with van der Waals surface area (Å²) in [5, 5.41) is 0.709. The van der Waals surface area contributed by atoms with E-state index in [9.17, 15) is 12.8 Å². The molecule has 0 saturated carbocycles. The molecule has 0 amide bonds. The van der Waals surface area contributed by atoms with Crippen LogP contribution in [0.15, 0.2) is 71.1 Å². The molecule has 2 aromatic carbocycles. The zero-order valence-corrected chi connectivity index (χ0v) is 12.3. The minimum Gasteiger partial charge on any atom is -0.254 e. The predicted octanol–water partition coefficient (Wildman–Crippen LogP) is 3.85. The predicted molar refractivity (Wildman–Crippen MR) is 83.7 cm³/mol. The van der Waals surface area contributed by atoms with Crippen molar-refractivity contribution in [2.45, 2.75) is 9.79 Å². The monoisotopic (exact) mass is 313 g/mol. The van der Waals surface area contributed by atoms with Gasteiger partial charge in [0.25, 0.3) is 0 Å². The molecule has 5 heteroatoms. The lowest BCUT2D eigenvalue weighted by Gasteiger charge is -2.07. The van der Waals surface area contributed by atoms with Gasteiger partial charge in [-0.05, 0) is 30.3 Å². The fraction of sp³-hybridized carbons (Fsp3) is 0. The summed E-state index contributed by atoms with van der Waals surface area (Å²) < 4.78 is 38.1. The Hall–Kier alpha value is -2.53. The molecule has 0 N–H and O–H groups in total. The molecule has 0 aliphatic heterocycles. The Morgan fingerprint density at radius 1 is 1.05 bits per heavy atom. The molecule has 22 heavy (non-hydrogen) atoms. The van der Waals surface area contributed by atoms with Crippen LogP contribution in [-0.4, -0.2) is 13.4 Å². The highest BCUT2D eigenvalue weighted by molar-refractivity contribution is 7.91. The first kappa shape index (κ1) is 14.4. The molecule has 0 fully saturated rings. The molecule has 110 valence electrons. The van der Waals surface area contributed by atoms with Gasteiger partial charge >= 0.3 is 0 Å². The van der Waals surface area contributed by atoms with Gasteiger partial charge in [-0.1, -0.05) is 30.9 Å². The first-order valence-electron chi connectivity index (χ1n) is 6.54. The lowest BCUT2D eigenvalue weighted by atomic mass is 10.1. The van der Waals surface area contributed by atoms with Crippen molar-refractivity contribution >= 4 is 26.8 Å². The summed E-state index contributed by atoms with van der Waals surface area (Å²) in [4.78, 5) is 4.35. The Balaban J connectivity index is 2.17. The summed E-state index contributed by atoms with van der Waals surface area (Å²) >= 11 is 0. The number of hydrogen-bond donors (Lipinski definition) is 0. The van der Waals surface area contributed by atoms with Crippen LogP contribution >= 0.6 is 0 Å². The molecule has 1 aromatic heterocycles. The summed E-state index contributed by atoms with van der Waals surface area (Å²) in [5.74, 6) is -0.480. The number of benzene rings is 2. The number of halogens is 1. The van der Waals surface area contributed by atoms with Crippen molar-refractivity contribution in [3.63, 3.8) is 0 Å². The molecular weight excluding hydrogens is 301 g/mol. The van der Waals surface area contributed by atoms with Gasteiger partial charge in [0.15, 0.2) is 0 Å². The number of aromatic nitrogens is 1. The lowest BCUT2D eigenvalue weighted by Crippen LogP contribution is -2.03. The van der Waals surface area contributed by atoms with E-state index in [2.05, 4.69) is 11.6 Å². The van der Waals surface area contributed by atoms with E-state index in [1.807, 2.05) is 12.1 Å². The minimum absolute atomic E-state index is 0.0370. The van der Waals surface area contributed by atoms with Gasteiger partial charge in [0, 0.05) is 17.1 Å². The quantitative estimate of drug-likeness (QED) is 0.690. The highest BCUT2D eigenvalue weighted by atomic mass is 32.2. The molecule has 0 aliphatic rings. The third-order valence-corrected chi connectivity index (χ3v) is 5.11. The van der Waals surface area contributed by atoms with Gasteiger partial charge in [-0.15, -0.1) is 0 Å². The van der Waals surface area contributed by atoms with Crippen LogP contribution in [0.1, 0.15) is 5.56 Å². The van der Waals surface area contributed by atoms with Crippen LogP contribution in [0.5, 0.6) is 0 Å². The van der Waals surface area contributed by atoms with E-state index in [0.717, 1.165) is 17.7 Å². The van der Waals surface area contributed by atoms with E-state index >= 15 is 0 Å². The zero-order chi connectivity index (χ0) is 15.7. The number of nitrogens with zero attached hydrogens (tertiary/aromatic N) is 1. The molecule has 0 bridgehead atoms. The number of para-hydroxylation sites is 1. The number of sulfone groups is 1. The van der Waals surface area contributed by atoms with Gasteiger partial charge in [-0.2, -0.15) is 0 Å². The minimum atomic E-state index is -3.72. The van der Waals surface area contributed by atoms with Crippen molar-refractivity contribution < 1.29 is 12.8 Å². The molecular formula is C17H12FNO2S. The topological polar surface area (TPSA) is 47.0 Å². The van der Waals surface area contributed by atoms with Crippen molar-refractivity contribution in [3.8, 4) is 0 Å². The first-order valence-corrected chi connectivity index (χ1v) is 8.02. The van der Waals surface area contributed by atoms with Crippen LogP contribution < -0.4 is 0 Å². The SMILES string of the molecule is C=Cc1cccc2cc(S(=O)(=O)c3ccc(F)cc3)cnc12. The Bertz CT molecular complexity index is 964. The standard InChI is InChI=1S/C17H12FNO2S/c1-2-12-4-3-5-13-10-16(11-19-17(12)13)22(20,21)15-8-6-14(18)7-9-15/h2-11H,1H2. The van der Waals surface area contributed by atoms with Crippen LogP contribution in [-0.2, 0) is 9.84 Å². The number of hydrogen-bond acceptors (Lipinski definition) is 3. The largest absolute Gasteiger partial charge is 0.254 e. The molecule has 3 nitrogen and oxygen atoms in total.